The molecule has 0 unspecified atom stereocenters. The highest BCUT2D eigenvalue weighted by atomic mass is 35.5. The van der Waals surface area contributed by atoms with Gasteiger partial charge in [-0.05, 0) is 18.5 Å². The van der Waals surface area contributed by atoms with E-state index in [0.717, 1.165) is 0 Å². The van der Waals surface area contributed by atoms with Crippen molar-refractivity contribution in [1.29, 1.82) is 0 Å². The topological polar surface area (TPSA) is 103 Å². The van der Waals surface area contributed by atoms with Crippen LogP contribution in [0, 0.1) is 6.92 Å². The molecule has 1 fully saturated rings. The van der Waals surface area contributed by atoms with Crippen LogP contribution in [-0.2, 0) is 9.47 Å². The lowest BCUT2D eigenvalue weighted by Gasteiger charge is -2.20. The van der Waals surface area contributed by atoms with Gasteiger partial charge in [0, 0.05) is 7.11 Å². The molecule has 0 radical (unpaired) electrons. The zero-order chi connectivity index (χ0) is 15.1. The Labute approximate surface area is 125 Å². The zero-order valence-corrected chi connectivity index (χ0v) is 12.2. The van der Waals surface area contributed by atoms with Crippen LogP contribution in [0.2, 0.25) is 5.28 Å². The van der Waals surface area contributed by atoms with Gasteiger partial charge in [-0.25, -0.2) is 15.0 Å². The van der Waals surface area contributed by atoms with Gasteiger partial charge in [-0.15, -0.1) is 0 Å². The van der Waals surface area contributed by atoms with Crippen molar-refractivity contribution in [2.24, 2.45) is 0 Å². The van der Waals surface area contributed by atoms with E-state index in [-0.39, 0.29) is 11.9 Å². The van der Waals surface area contributed by atoms with Gasteiger partial charge in [0.05, 0.1) is 12.8 Å². The molecular weight excluding hydrogens is 300 g/mol. The molecule has 0 saturated carbocycles. The van der Waals surface area contributed by atoms with Crippen LogP contribution in [0.5, 0.6) is 0 Å². The molecule has 0 aromatic carbocycles. The highest BCUT2D eigenvalue weighted by Crippen LogP contribution is 2.35. The molecule has 2 aromatic heterocycles. The molecule has 8 nitrogen and oxygen atoms in total. The molecule has 0 bridgehead atoms. The minimum atomic E-state index is -0.971. The smallest absolute Gasteiger partial charge is 0.207 e. The number of aromatic nitrogens is 4. The Kier molecular flexibility index (Phi) is 3.80. The number of hydrogen-bond donors (Lipinski definition) is 2. The van der Waals surface area contributed by atoms with Crippen LogP contribution in [0.25, 0.3) is 11.2 Å². The van der Waals surface area contributed by atoms with E-state index >= 15 is 0 Å². The van der Waals surface area contributed by atoms with Gasteiger partial charge < -0.3 is 19.7 Å². The Balaban J connectivity index is 2.11. The molecule has 9 heteroatoms. The normalized spacial score (nSPS) is 29.4. The third-order valence-corrected chi connectivity index (χ3v) is 3.80. The van der Waals surface area contributed by atoms with Crippen molar-refractivity contribution < 1.29 is 19.7 Å². The number of fused-ring (bicyclic) bond motifs is 1. The summed E-state index contributed by atoms with van der Waals surface area (Å²) in [5.41, 5.74) is 1.01. The van der Waals surface area contributed by atoms with Crippen LogP contribution in [0.3, 0.4) is 0 Å². The van der Waals surface area contributed by atoms with Gasteiger partial charge in [-0.2, -0.15) is 0 Å². The fourth-order valence-electron chi connectivity index (χ4n) is 2.51. The van der Waals surface area contributed by atoms with Crippen molar-refractivity contribution >= 4 is 22.8 Å². The predicted octanol–water partition coefficient (Wildman–Crippen LogP) is 0.0537. The molecule has 21 heavy (non-hydrogen) atoms. The van der Waals surface area contributed by atoms with E-state index in [1.165, 1.54) is 7.11 Å². The summed E-state index contributed by atoms with van der Waals surface area (Å²) in [5.74, 6) is 0.562. The summed E-state index contributed by atoms with van der Waals surface area (Å²) >= 11 is 6.17. The summed E-state index contributed by atoms with van der Waals surface area (Å²) in [5, 5.41) is 19.5. The molecule has 0 spiro atoms. The molecule has 0 aliphatic carbocycles. The fraction of sp³-hybridized carbons (Fsp3) is 0.583. The van der Waals surface area contributed by atoms with Gasteiger partial charge in [0.2, 0.25) is 5.28 Å². The van der Waals surface area contributed by atoms with Gasteiger partial charge in [0.15, 0.2) is 11.9 Å². The Bertz CT molecular complexity index is 664. The third kappa shape index (κ3) is 2.29. The van der Waals surface area contributed by atoms with Gasteiger partial charge in [0.25, 0.3) is 0 Å². The summed E-state index contributed by atoms with van der Waals surface area (Å²) in [6.07, 6.45) is -1.57. The molecule has 2 aromatic rings. The second kappa shape index (κ2) is 5.47. The highest BCUT2D eigenvalue weighted by Gasteiger charge is 2.46. The van der Waals surface area contributed by atoms with Gasteiger partial charge in [-0.1, -0.05) is 0 Å². The number of methoxy groups -OCH3 is 1. The van der Waals surface area contributed by atoms with E-state index in [1.54, 1.807) is 17.7 Å². The summed E-state index contributed by atoms with van der Waals surface area (Å²) in [6, 6.07) is 0. The van der Waals surface area contributed by atoms with E-state index < -0.39 is 24.5 Å². The Hall–Kier alpha value is -1.32. The van der Waals surface area contributed by atoms with E-state index in [9.17, 15) is 10.2 Å². The summed E-state index contributed by atoms with van der Waals surface area (Å²) in [6.45, 7) is 1.43. The first kappa shape index (κ1) is 14.6. The maximum Gasteiger partial charge on any atom is 0.207 e. The first-order valence-electron chi connectivity index (χ1n) is 6.41. The highest BCUT2D eigenvalue weighted by molar-refractivity contribution is 6.29. The number of halogens is 1. The molecular formula is C12H15ClN4O4. The van der Waals surface area contributed by atoms with Crippen molar-refractivity contribution in [2.75, 3.05) is 13.7 Å². The SMILES string of the molecule is CO[C@@H]1[C@H](O)[C@@H](CO)O[C@H]1n1c(Cl)nc2cnc(C)nc21. The number of rotatable bonds is 3. The Morgan fingerprint density at radius 2 is 2.24 bits per heavy atom. The lowest BCUT2D eigenvalue weighted by Crippen LogP contribution is -2.34. The lowest BCUT2D eigenvalue weighted by atomic mass is 10.1. The van der Waals surface area contributed by atoms with Crippen LogP contribution in [0.4, 0.5) is 0 Å². The lowest BCUT2D eigenvalue weighted by molar-refractivity contribution is -0.0581. The number of nitrogens with zero attached hydrogens (tertiary/aromatic N) is 4. The average molecular weight is 315 g/mol. The van der Waals surface area contributed by atoms with Crippen molar-refractivity contribution in [1.82, 2.24) is 19.5 Å². The summed E-state index contributed by atoms with van der Waals surface area (Å²) < 4.78 is 12.5. The molecule has 1 aliphatic rings. The van der Waals surface area contributed by atoms with Crippen LogP contribution in [0.1, 0.15) is 12.1 Å². The molecule has 1 aliphatic heterocycles. The van der Waals surface area contributed by atoms with Crippen molar-refractivity contribution in [3.8, 4) is 0 Å². The average Bonchev–Trinajstić information content (AvgIpc) is 2.94. The number of aliphatic hydroxyl groups is 2. The maximum atomic E-state index is 10.1. The number of imidazole rings is 1. The Morgan fingerprint density at radius 1 is 1.48 bits per heavy atom. The van der Waals surface area contributed by atoms with Crippen molar-refractivity contribution in [3.05, 3.63) is 17.3 Å². The minimum Gasteiger partial charge on any atom is -0.394 e. The van der Waals surface area contributed by atoms with E-state index in [0.29, 0.717) is 17.0 Å². The molecule has 4 atom stereocenters. The van der Waals surface area contributed by atoms with Crippen LogP contribution in [0.15, 0.2) is 6.20 Å². The summed E-state index contributed by atoms with van der Waals surface area (Å²) in [4.78, 5) is 12.5. The monoisotopic (exact) mass is 314 g/mol. The van der Waals surface area contributed by atoms with E-state index in [2.05, 4.69) is 15.0 Å². The van der Waals surface area contributed by atoms with Gasteiger partial charge in [-0.3, -0.25) is 4.57 Å². The largest absolute Gasteiger partial charge is 0.394 e. The van der Waals surface area contributed by atoms with E-state index in [1.807, 2.05) is 0 Å². The fourth-order valence-corrected chi connectivity index (χ4v) is 2.77. The standard InChI is InChI=1S/C12H15ClN4O4/c1-5-14-3-6-10(15-5)17(12(13)16-6)11-9(20-2)8(19)7(4-18)21-11/h3,7-9,11,18-19H,4H2,1-2H3/t7-,8-,9-,11-/m1/s1. The second-order valence-corrected chi connectivity index (χ2v) is 5.15. The molecule has 114 valence electrons. The first-order chi connectivity index (χ1) is 10.1. The number of aliphatic hydroxyl groups excluding tert-OH is 2. The van der Waals surface area contributed by atoms with Gasteiger partial charge in [0.1, 0.15) is 29.7 Å². The number of hydrogen-bond acceptors (Lipinski definition) is 7. The number of aryl methyl sites for hydroxylation is 1. The molecule has 2 N–H and O–H groups in total. The molecule has 3 heterocycles. The quantitative estimate of drug-likeness (QED) is 0.772. The number of ether oxygens (including phenoxy) is 2. The molecule has 3 rings (SSSR count). The van der Waals surface area contributed by atoms with Crippen LogP contribution >= 0.6 is 11.6 Å². The van der Waals surface area contributed by atoms with Gasteiger partial charge >= 0.3 is 0 Å². The third-order valence-electron chi connectivity index (χ3n) is 3.53. The van der Waals surface area contributed by atoms with Crippen LogP contribution < -0.4 is 0 Å². The Morgan fingerprint density at radius 3 is 2.90 bits per heavy atom. The van der Waals surface area contributed by atoms with Crippen molar-refractivity contribution in [2.45, 2.75) is 31.5 Å². The molecule has 0 amide bonds. The summed E-state index contributed by atoms with van der Waals surface area (Å²) in [7, 11) is 1.46. The maximum absolute atomic E-state index is 10.1. The predicted molar refractivity (Wildman–Crippen MR) is 72.9 cm³/mol. The van der Waals surface area contributed by atoms with Crippen molar-refractivity contribution in [3.63, 3.8) is 0 Å². The van der Waals surface area contributed by atoms with Crippen LogP contribution in [-0.4, -0.2) is 61.8 Å². The first-order valence-corrected chi connectivity index (χ1v) is 6.79. The van der Waals surface area contributed by atoms with E-state index in [4.69, 9.17) is 21.1 Å². The second-order valence-electron chi connectivity index (χ2n) is 4.82. The molecule has 1 saturated heterocycles. The zero-order valence-electron chi connectivity index (χ0n) is 11.5. The minimum absolute atomic E-state index is 0.155.